The molecule has 0 amide bonds. The van der Waals surface area contributed by atoms with E-state index in [1.54, 1.807) is 7.11 Å². The number of methoxy groups -OCH3 is 1. The van der Waals surface area contributed by atoms with Gasteiger partial charge >= 0.3 is 0 Å². The Labute approximate surface area is 116 Å². The predicted octanol–water partition coefficient (Wildman–Crippen LogP) is 3.48. The summed E-state index contributed by atoms with van der Waals surface area (Å²) in [5, 5.41) is 0. The highest BCUT2D eigenvalue weighted by molar-refractivity contribution is 5.37. The quantitative estimate of drug-likeness (QED) is 0.609. The van der Waals surface area contributed by atoms with Crippen molar-refractivity contribution in [3.05, 3.63) is 29.3 Å². The van der Waals surface area contributed by atoms with Crippen molar-refractivity contribution in [2.75, 3.05) is 7.11 Å². The Morgan fingerprint density at radius 3 is 2.68 bits per heavy atom. The number of benzene rings is 1. The highest BCUT2D eigenvalue weighted by Crippen LogP contribution is 2.32. The van der Waals surface area contributed by atoms with E-state index in [2.05, 4.69) is 24.5 Å². The third kappa shape index (κ3) is 3.71. The molecule has 0 saturated heterocycles. The molecule has 1 aliphatic carbocycles. The standard InChI is InChI=1S/C16H26N2O/c1-12-11-14(8-10-16(12)19-2)15(18-17)9-7-13-5-3-4-6-13/h8,10-11,13,15,18H,3-7,9,17H2,1-2H3. The molecule has 1 aromatic rings. The maximum absolute atomic E-state index is 5.73. The van der Waals surface area contributed by atoms with Gasteiger partial charge in [0.15, 0.2) is 0 Å². The summed E-state index contributed by atoms with van der Waals surface area (Å²) in [6, 6.07) is 6.58. The van der Waals surface area contributed by atoms with E-state index in [1.807, 2.05) is 6.07 Å². The van der Waals surface area contributed by atoms with Crippen LogP contribution in [0.15, 0.2) is 18.2 Å². The molecule has 1 aromatic carbocycles. The minimum absolute atomic E-state index is 0.255. The summed E-state index contributed by atoms with van der Waals surface area (Å²) in [5.74, 6) is 7.58. The van der Waals surface area contributed by atoms with E-state index in [-0.39, 0.29) is 6.04 Å². The van der Waals surface area contributed by atoms with E-state index in [1.165, 1.54) is 43.2 Å². The Kier molecular flexibility index (Phi) is 5.23. The van der Waals surface area contributed by atoms with Gasteiger partial charge in [0.05, 0.1) is 7.11 Å². The number of hydrogen-bond acceptors (Lipinski definition) is 3. The molecular weight excluding hydrogens is 236 g/mol. The number of hydrogen-bond donors (Lipinski definition) is 2. The van der Waals surface area contributed by atoms with Crippen LogP contribution in [0.3, 0.4) is 0 Å². The third-order valence-corrected chi connectivity index (χ3v) is 4.36. The van der Waals surface area contributed by atoms with Gasteiger partial charge in [-0.05, 0) is 42.9 Å². The molecule has 1 unspecified atom stereocenters. The minimum atomic E-state index is 0.255. The lowest BCUT2D eigenvalue weighted by molar-refractivity contribution is 0.407. The van der Waals surface area contributed by atoms with Crippen LogP contribution >= 0.6 is 0 Å². The molecule has 3 nitrogen and oxygen atoms in total. The Balaban J connectivity index is 1.97. The lowest BCUT2D eigenvalue weighted by atomic mass is 9.94. The van der Waals surface area contributed by atoms with Crippen molar-refractivity contribution in [3.8, 4) is 5.75 Å². The lowest BCUT2D eigenvalue weighted by Gasteiger charge is -2.19. The van der Waals surface area contributed by atoms with Gasteiger partial charge in [-0.2, -0.15) is 0 Å². The van der Waals surface area contributed by atoms with Gasteiger partial charge in [-0.25, -0.2) is 0 Å². The third-order valence-electron chi connectivity index (χ3n) is 4.36. The van der Waals surface area contributed by atoms with Crippen molar-refractivity contribution in [2.24, 2.45) is 11.8 Å². The van der Waals surface area contributed by atoms with Gasteiger partial charge in [-0.15, -0.1) is 0 Å². The molecule has 1 aliphatic rings. The second-order valence-corrected chi connectivity index (χ2v) is 5.68. The molecule has 0 aliphatic heterocycles. The van der Waals surface area contributed by atoms with Crippen LogP contribution in [0, 0.1) is 12.8 Å². The molecule has 0 spiro atoms. The summed E-state index contributed by atoms with van der Waals surface area (Å²) in [4.78, 5) is 0. The molecule has 2 rings (SSSR count). The molecule has 1 saturated carbocycles. The van der Waals surface area contributed by atoms with E-state index in [4.69, 9.17) is 10.6 Å². The molecule has 0 aromatic heterocycles. The maximum Gasteiger partial charge on any atom is 0.121 e. The van der Waals surface area contributed by atoms with E-state index >= 15 is 0 Å². The van der Waals surface area contributed by atoms with Gasteiger partial charge in [-0.1, -0.05) is 37.8 Å². The largest absolute Gasteiger partial charge is 0.496 e. The number of nitrogens with one attached hydrogen (secondary N) is 1. The van der Waals surface area contributed by atoms with Crippen LogP contribution in [-0.4, -0.2) is 7.11 Å². The first-order valence-electron chi connectivity index (χ1n) is 7.35. The van der Waals surface area contributed by atoms with Gasteiger partial charge in [0.2, 0.25) is 0 Å². The van der Waals surface area contributed by atoms with Gasteiger partial charge in [0.1, 0.15) is 5.75 Å². The monoisotopic (exact) mass is 262 g/mol. The predicted molar refractivity (Wildman–Crippen MR) is 79.0 cm³/mol. The molecule has 106 valence electrons. The fraction of sp³-hybridized carbons (Fsp3) is 0.625. The molecule has 0 radical (unpaired) electrons. The second kappa shape index (κ2) is 6.92. The van der Waals surface area contributed by atoms with Crippen LogP contribution in [0.1, 0.15) is 55.7 Å². The normalized spacial score (nSPS) is 17.6. The van der Waals surface area contributed by atoms with Crippen LogP contribution in [0.4, 0.5) is 0 Å². The summed E-state index contributed by atoms with van der Waals surface area (Å²) in [6.45, 7) is 2.08. The van der Waals surface area contributed by atoms with Crippen molar-refractivity contribution in [1.29, 1.82) is 0 Å². The van der Waals surface area contributed by atoms with Crippen LogP contribution in [-0.2, 0) is 0 Å². The number of nitrogens with two attached hydrogens (primary N) is 1. The molecule has 3 N–H and O–H groups in total. The minimum Gasteiger partial charge on any atom is -0.496 e. The second-order valence-electron chi connectivity index (χ2n) is 5.68. The van der Waals surface area contributed by atoms with E-state index < -0.39 is 0 Å². The highest BCUT2D eigenvalue weighted by atomic mass is 16.5. The first kappa shape index (κ1) is 14.4. The number of ether oxygens (including phenoxy) is 1. The molecular formula is C16H26N2O. The zero-order valence-electron chi connectivity index (χ0n) is 12.1. The van der Waals surface area contributed by atoms with Gasteiger partial charge in [0, 0.05) is 6.04 Å². The van der Waals surface area contributed by atoms with Crippen molar-refractivity contribution in [1.82, 2.24) is 5.43 Å². The Morgan fingerprint density at radius 1 is 1.37 bits per heavy atom. The summed E-state index contributed by atoms with van der Waals surface area (Å²) < 4.78 is 5.30. The van der Waals surface area contributed by atoms with E-state index in [0.29, 0.717) is 0 Å². The van der Waals surface area contributed by atoms with Gasteiger partial charge < -0.3 is 4.74 Å². The van der Waals surface area contributed by atoms with Crippen LogP contribution in [0.2, 0.25) is 0 Å². The van der Waals surface area contributed by atoms with Crippen LogP contribution < -0.4 is 16.0 Å². The fourth-order valence-corrected chi connectivity index (χ4v) is 3.17. The molecule has 19 heavy (non-hydrogen) atoms. The van der Waals surface area contributed by atoms with Gasteiger partial charge in [0.25, 0.3) is 0 Å². The lowest BCUT2D eigenvalue weighted by Crippen LogP contribution is -2.28. The highest BCUT2D eigenvalue weighted by Gasteiger charge is 2.18. The Morgan fingerprint density at radius 2 is 2.11 bits per heavy atom. The Hall–Kier alpha value is -1.06. The Bertz CT molecular complexity index is 400. The molecule has 0 bridgehead atoms. The molecule has 1 fully saturated rings. The fourth-order valence-electron chi connectivity index (χ4n) is 3.17. The average molecular weight is 262 g/mol. The molecule has 1 atom stereocenters. The smallest absolute Gasteiger partial charge is 0.121 e. The zero-order valence-corrected chi connectivity index (χ0v) is 12.1. The number of rotatable bonds is 6. The van der Waals surface area contributed by atoms with Crippen molar-refractivity contribution in [2.45, 2.75) is 51.5 Å². The van der Waals surface area contributed by atoms with Crippen LogP contribution in [0.25, 0.3) is 0 Å². The average Bonchev–Trinajstić information content (AvgIpc) is 2.93. The number of hydrazine groups is 1. The van der Waals surface area contributed by atoms with Crippen LogP contribution in [0.5, 0.6) is 5.75 Å². The maximum atomic E-state index is 5.73. The summed E-state index contributed by atoms with van der Waals surface area (Å²) >= 11 is 0. The molecule has 0 heterocycles. The summed E-state index contributed by atoms with van der Waals surface area (Å²) in [7, 11) is 1.71. The van der Waals surface area contributed by atoms with E-state index in [0.717, 1.165) is 18.1 Å². The summed E-state index contributed by atoms with van der Waals surface area (Å²) in [5.41, 5.74) is 5.40. The summed E-state index contributed by atoms with van der Waals surface area (Å²) in [6.07, 6.45) is 8.02. The topological polar surface area (TPSA) is 47.3 Å². The van der Waals surface area contributed by atoms with Crippen molar-refractivity contribution in [3.63, 3.8) is 0 Å². The first-order valence-corrected chi connectivity index (χ1v) is 7.35. The first-order chi connectivity index (χ1) is 9.24. The molecule has 3 heteroatoms. The van der Waals surface area contributed by atoms with E-state index in [9.17, 15) is 0 Å². The van der Waals surface area contributed by atoms with Crippen molar-refractivity contribution >= 4 is 0 Å². The van der Waals surface area contributed by atoms with Crippen molar-refractivity contribution < 1.29 is 4.74 Å². The van der Waals surface area contributed by atoms with Gasteiger partial charge in [-0.3, -0.25) is 11.3 Å². The SMILES string of the molecule is COc1ccc(C(CCC2CCCC2)NN)cc1C. The zero-order chi connectivity index (χ0) is 13.7. The number of aryl methyl sites for hydroxylation is 1.